The predicted octanol–water partition coefficient (Wildman–Crippen LogP) is 4.78. The fourth-order valence-electron chi connectivity index (χ4n) is 2.69. The van der Waals surface area contributed by atoms with E-state index in [1.807, 2.05) is 60.7 Å². The highest BCUT2D eigenvalue weighted by Crippen LogP contribution is 2.17. The molecule has 0 aliphatic carbocycles. The topological polar surface area (TPSA) is 59.4 Å². The van der Waals surface area contributed by atoms with Crippen molar-refractivity contribution in [3.8, 4) is 5.75 Å². The molecule has 3 aromatic rings. The first-order valence-electron chi connectivity index (χ1n) is 8.64. The van der Waals surface area contributed by atoms with Crippen LogP contribution in [0, 0.1) is 0 Å². The van der Waals surface area contributed by atoms with Crippen molar-refractivity contribution in [2.75, 3.05) is 0 Å². The zero-order valence-electron chi connectivity index (χ0n) is 14.5. The number of aromatic nitrogens is 1. The molecule has 26 heavy (non-hydrogen) atoms. The van der Waals surface area contributed by atoms with Crippen LogP contribution in [0.3, 0.4) is 0 Å². The largest absolute Gasteiger partial charge is 0.487 e. The number of ether oxygens (including phenoxy) is 1. The molecule has 1 aromatic heterocycles. The van der Waals surface area contributed by atoms with E-state index in [4.69, 9.17) is 9.84 Å². The van der Waals surface area contributed by atoms with Crippen LogP contribution in [0.1, 0.15) is 24.1 Å². The van der Waals surface area contributed by atoms with Crippen molar-refractivity contribution in [1.29, 1.82) is 0 Å². The number of hydrogen-bond donors (Lipinski definition) is 1. The molecule has 1 heterocycles. The van der Waals surface area contributed by atoms with Gasteiger partial charge in [-0.3, -0.25) is 4.79 Å². The summed E-state index contributed by atoms with van der Waals surface area (Å²) < 4.78 is 5.88. The summed E-state index contributed by atoms with van der Waals surface area (Å²) in [7, 11) is 0. The van der Waals surface area contributed by atoms with E-state index >= 15 is 0 Å². The average molecular weight is 347 g/mol. The Kier molecular flexibility index (Phi) is 5.99. The Labute approximate surface area is 152 Å². The molecule has 0 saturated heterocycles. The van der Waals surface area contributed by atoms with E-state index in [9.17, 15) is 4.79 Å². The van der Waals surface area contributed by atoms with Crippen molar-refractivity contribution in [3.05, 3.63) is 84.1 Å². The second-order valence-electron chi connectivity index (χ2n) is 6.04. The van der Waals surface area contributed by atoms with Gasteiger partial charge < -0.3 is 9.84 Å². The highest BCUT2D eigenvalue weighted by molar-refractivity contribution is 5.78. The highest BCUT2D eigenvalue weighted by Gasteiger charge is 2.01. The standard InChI is InChI=1S/C22H21NO3/c24-22(25)12-3-1-2-7-17-8-6-10-20(15-17)26-16-19-14-13-18-9-4-5-11-21(18)23-19/h1,3-6,8-11,13-15H,2,7,12,16H2,(H,24,25)/b3-1+. The number of benzene rings is 2. The van der Waals surface area contributed by atoms with E-state index in [0.29, 0.717) is 6.61 Å². The van der Waals surface area contributed by atoms with Gasteiger partial charge >= 0.3 is 5.97 Å². The smallest absolute Gasteiger partial charge is 0.307 e. The molecule has 1 N–H and O–H groups in total. The van der Waals surface area contributed by atoms with Crippen LogP contribution < -0.4 is 4.74 Å². The quantitative estimate of drug-likeness (QED) is 0.596. The molecule has 3 rings (SSSR count). The maximum Gasteiger partial charge on any atom is 0.307 e. The highest BCUT2D eigenvalue weighted by atomic mass is 16.5. The second kappa shape index (κ2) is 8.81. The first-order chi connectivity index (χ1) is 12.7. The number of fused-ring (bicyclic) bond motifs is 1. The van der Waals surface area contributed by atoms with Gasteiger partial charge in [0.05, 0.1) is 17.6 Å². The van der Waals surface area contributed by atoms with E-state index in [1.54, 1.807) is 6.08 Å². The monoisotopic (exact) mass is 347 g/mol. The second-order valence-corrected chi connectivity index (χ2v) is 6.04. The number of carboxylic acids is 1. The Balaban J connectivity index is 1.56. The summed E-state index contributed by atoms with van der Waals surface area (Å²) in [5.74, 6) is 0.00548. The molecule has 0 unspecified atom stereocenters. The van der Waals surface area contributed by atoms with Crippen molar-refractivity contribution >= 4 is 16.9 Å². The zero-order valence-corrected chi connectivity index (χ0v) is 14.5. The van der Waals surface area contributed by atoms with Crippen LogP contribution in [0.25, 0.3) is 10.9 Å². The third-order valence-corrected chi connectivity index (χ3v) is 4.00. The molecule has 0 spiro atoms. The SMILES string of the molecule is O=C(O)C/C=C/CCc1cccc(OCc2ccc3ccccc3n2)c1. The van der Waals surface area contributed by atoms with Gasteiger partial charge in [0.25, 0.3) is 0 Å². The van der Waals surface area contributed by atoms with Gasteiger partial charge in [-0.05, 0) is 42.7 Å². The first-order valence-corrected chi connectivity index (χ1v) is 8.64. The Bertz CT molecular complexity index is 918. The fourth-order valence-corrected chi connectivity index (χ4v) is 2.69. The molecule has 4 nitrogen and oxygen atoms in total. The predicted molar refractivity (Wildman–Crippen MR) is 102 cm³/mol. The van der Waals surface area contributed by atoms with Gasteiger partial charge in [0.15, 0.2) is 0 Å². The van der Waals surface area contributed by atoms with E-state index in [-0.39, 0.29) is 6.42 Å². The molecule has 4 heteroatoms. The molecule has 0 aliphatic rings. The number of allylic oxidation sites excluding steroid dienone is 1. The van der Waals surface area contributed by atoms with Gasteiger partial charge in [0.2, 0.25) is 0 Å². The van der Waals surface area contributed by atoms with Crippen LogP contribution in [0.2, 0.25) is 0 Å². The van der Waals surface area contributed by atoms with Gasteiger partial charge in [-0.1, -0.05) is 48.6 Å². The third kappa shape index (κ3) is 5.18. The van der Waals surface area contributed by atoms with Gasteiger partial charge in [-0.15, -0.1) is 0 Å². The first kappa shape index (κ1) is 17.7. The lowest BCUT2D eigenvalue weighted by Crippen LogP contribution is -1.99. The van der Waals surface area contributed by atoms with Gasteiger partial charge in [-0.25, -0.2) is 4.98 Å². The minimum Gasteiger partial charge on any atom is -0.487 e. The van der Waals surface area contributed by atoms with Crippen molar-refractivity contribution < 1.29 is 14.6 Å². The number of rotatable bonds is 8. The lowest BCUT2D eigenvalue weighted by molar-refractivity contribution is -0.136. The zero-order chi connectivity index (χ0) is 18.2. The van der Waals surface area contributed by atoms with E-state index < -0.39 is 5.97 Å². The summed E-state index contributed by atoms with van der Waals surface area (Å²) in [5, 5.41) is 9.72. The lowest BCUT2D eigenvalue weighted by Gasteiger charge is -2.08. The molecular formula is C22H21NO3. The number of aliphatic carboxylic acids is 1. The number of para-hydroxylation sites is 1. The van der Waals surface area contributed by atoms with Crippen LogP contribution in [-0.4, -0.2) is 16.1 Å². The number of hydrogen-bond acceptors (Lipinski definition) is 3. The fraction of sp³-hybridized carbons (Fsp3) is 0.182. The van der Waals surface area contributed by atoms with Crippen LogP contribution in [-0.2, 0) is 17.8 Å². The third-order valence-electron chi connectivity index (χ3n) is 4.00. The number of pyridine rings is 1. The summed E-state index contributed by atoms with van der Waals surface area (Å²) in [6.07, 6.45) is 5.32. The van der Waals surface area contributed by atoms with Gasteiger partial charge in [-0.2, -0.15) is 0 Å². The van der Waals surface area contributed by atoms with E-state index in [1.165, 1.54) is 0 Å². The number of aryl methyl sites for hydroxylation is 1. The summed E-state index contributed by atoms with van der Waals surface area (Å²) in [6.45, 7) is 0.423. The lowest BCUT2D eigenvalue weighted by atomic mass is 10.1. The molecule has 0 atom stereocenters. The van der Waals surface area contributed by atoms with Crippen molar-refractivity contribution in [2.45, 2.75) is 25.9 Å². The van der Waals surface area contributed by atoms with E-state index in [0.717, 1.165) is 40.8 Å². The van der Waals surface area contributed by atoms with Crippen LogP contribution in [0.15, 0.2) is 72.8 Å². The Morgan fingerprint density at radius 2 is 1.92 bits per heavy atom. The molecule has 132 valence electrons. The molecule has 0 saturated carbocycles. The molecule has 0 amide bonds. The number of carboxylic acid groups (broad SMARTS) is 1. The van der Waals surface area contributed by atoms with Crippen LogP contribution >= 0.6 is 0 Å². The number of nitrogens with zero attached hydrogens (tertiary/aromatic N) is 1. The minimum absolute atomic E-state index is 0.0713. The van der Waals surface area contributed by atoms with Crippen molar-refractivity contribution in [2.24, 2.45) is 0 Å². The minimum atomic E-state index is -0.807. The van der Waals surface area contributed by atoms with Crippen LogP contribution in [0.5, 0.6) is 5.75 Å². The Morgan fingerprint density at radius 1 is 1.04 bits per heavy atom. The van der Waals surface area contributed by atoms with Crippen LogP contribution in [0.4, 0.5) is 0 Å². The normalized spacial score (nSPS) is 11.1. The molecular weight excluding hydrogens is 326 g/mol. The summed E-state index contributed by atoms with van der Waals surface area (Å²) in [6, 6.07) is 20.0. The molecule has 0 aliphatic heterocycles. The van der Waals surface area contributed by atoms with Crippen molar-refractivity contribution in [1.82, 2.24) is 4.98 Å². The van der Waals surface area contributed by atoms with Gasteiger partial charge in [0.1, 0.15) is 12.4 Å². The Hall–Kier alpha value is -3.14. The van der Waals surface area contributed by atoms with Gasteiger partial charge in [0, 0.05) is 5.39 Å². The summed E-state index contributed by atoms with van der Waals surface area (Å²) in [5.41, 5.74) is 3.02. The molecule has 2 aromatic carbocycles. The molecule has 0 fully saturated rings. The summed E-state index contributed by atoms with van der Waals surface area (Å²) >= 11 is 0. The van der Waals surface area contributed by atoms with Crippen molar-refractivity contribution in [3.63, 3.8) is 0 Å². The maximum atomic E-state index is 10.5. The van der Waals surface area contributed by atoms with E-state index in [2.05, 4.69) is 11.1 Å². The number of carbonyl (C=O) groups is 1. The molecule has 0 radical (unpaired) electrons. The maximum absolute atomic E-state index is 10.5. The Morgan fingerprint density at radius 3 is 2.81 bits per heavy atom. The average Bonchev–Trinajstić information content (AvgIpc) is 2.66. The summed E-state index contributed by atoms with van der Waals surface area (Å²) in [4.78, 5) is 15.1. The molecule has 0 bridgehead atoms.